The highest BCUT2D eigenvalue weighted by atomic mass is 19.4. The zero-order valence-electron chi connectivity index (χ0n) is 20.2. The maximum atomic E-state index is 14.7. The van der Waals surface area contributed by atoms with Crippen LogP contribution < -0.4 is 5.32 Å². The van der Waals surface area contributed by atoms with Crippen molar-refractivity contribution in [2.75, 3.05) is 5.32 Å². The van der Waals surface area contributed by atoms with Gasteiger partial charge in [-0.15, -0.1) is 5.10 Å². The van der Waals surface area contributed by atoms with Gasteiger partial charge in [-0.25, -0.2) is 14.2 Å². The quantitative estimate of drug-likeness (QED) is 0.358. The Bertz CT molecular complexity index is 1470. The van der Waals surface area contributed by atoms with E-state index in [1.165, 1.54) is 0 Å². The Morgan fingerprint density at radius 1 is 1.08 bits per heavy atom. The normalized spacial score (nSPS) is 15.0. The van der Waals surface area contributed by atoms with Crippen LogP contribution in [0.1, 0.15) is 50.3 Å². The van der Waals surface area contributed by atoms with E-state index in [9.17, 15) is 22.4 Å². The van der Waals surface area contributed by atoms with Crippen LogP contribution in [-0.2, 0) is 21.8 Å². The van der Waals surface area contributed by atoms with Crippen molar-refractivity contribution in [1.82, 2.24) is 30.4 Å². The van der Waals surface area contributed by atoms with Crippen molar-refractivity contribution in [3.63, 3.8) is 0 Å². The number of hydrogen-bond acceptors (Lipinski definition) is 5. The molecule has 1 fully saturated rings. The van der Waals surface area contributed by atoms with Crippen LogP contribution in [0.25, 0.3) is 17.1 Å². The number of amides is 1. The van der Waals surface area contributed by atoms with Crippen molar-refractivity contribution in [3.05, 3.63) is 71.3 Å². The Balaban J connectivity index is 1.46. The molecule has 0 unspecified atom stereocenters. The molecule has 0 atom stereocenters. The van der Waals surface area contributed by atoms with Gasteiger partial charge in [-0.05, 0) is 64.6 Å². The number of benzene rings is 2. The van der Waals surface area contributed by atoms with Gasteiger partial charge in [0.05, 0.1) is 22.9 Å². The van der Waals surface area contributed by atoms with Gasteiger partial charge in [-0.3, -0.25) is 4.79 Å². The van der Waals surface area contributed by atoms with Gasteiger partial charge in [0.1, 0.15) is 5.82 Å². The maximum Gasteiger partial charge on any atom is 0.416 e. The molecule has 2 aromatic heterocycles. The summed E-state index contributed by atoms with van der Waals surface area (Å²) >= 11 is 0. The predicted molar refractivity (Wildman–Crippen MR) is 126 cm³/mol. The Morgan fingerprint density at radius 2 is 1.84 bits per heavy atom. The molecule has 1 aliphatic carbocycles. The number of nitrogens with zero attached hydrogens (tertiary/aromatic N) is 5. The molecule has 2 heterocycles. The second-order valence-corrected chi connectivity index (χ2v) is 10.1. The van der Waals surface area contributed by atoms with Gasteiger partial charge in [-0.2, -0.15) is 18.3 Å². The molecule has 192 valence electrons. The summed E-state index contributed by atoms with van der Waals surface area (Å²) in [6.45, 7) is 6.21. The minimum atomic E-state index is -4.67. The molecule has 8 nitrogen and oxygen atoms in total. The highest BCUT2D eigenvalue weighted by Crippen LogP contribution is 2.50. The van der Waals surface area contributed by atoms with Crippen LogP contribution in [0.2, 0.25) is 0 Å². The molecule has 5 rings (SSSR count). The monoisotopic (exact) mass is 513 g/mol. The van der Waals surface area contributed by atoms with Crippen molar-refractivity contribution in [2.24, 2.45) is 0 Å². The lowest BCUT2D eigenvalue weighted by molar-refractivity contribution is -0.137. The third-order valence-electron chi connectivity index (χ3n) is 6.55. The largest absolute Gasteiger partial charge is 0.416 e. The van der Waals surface area contributed by atoms with E-state index in [0.29, 0.717) is 41.7 Å². The number of H-pyrrole nitrogens is 1. The molecular formula is C25H23F4N7O. The summed E-state index contributed by atoms with van der Waals surface area (Å²) in [6, 6.07) is 7.34. The minimum Gasteiger partial charge on any atom is -0.325 e. The van der Waals surface area contributed by atoms with Gasteiger partial charge in [0.25, 0.3) is 0 Å². The van der Waals surface area contributed by atoms with E-state index in [2.05, 4.69) is 51.8 Å². The van der Waals surface area contributed by atoms with E-state index >= 15 is 0 Å². The Morgan fingerprint density at radius 3 is 2.41 bits per heavy atom. The van der Waals surface area contributed by atoms with Crippen LogP contribution in [0.15, 0.2) is 48.8 Å². The summed E-state index contributed by atoms with van der Waals surface area (Å²) in [4.78, 5) is 13.2. The fraction of sp³-hybridized carbons (Fsp3) is 0.320. The number of rotatable bonds is 5. The molecule has 2 aromatic carbocycles. The molecule has 1 amide bonds. The van der Waals surface area contributed by atoms with E-state index in [4.69, 9.17) is 0 Å². The van der Waals surface area contributed by atoms with Gasteiger partial charge in [0.2, 0.25) is 5.91 Å². The third kappa shape index (κ3) is 4.58. The fourth-order valence-electron chi connectivity index (χ4n) is 4.19. The van der Waals surface area contributed by atoms with Crippen LogP contribution in [0.4, 0.5) is 23.2 Å². The van der Waals surface area contributed by atoms with Crippen LogP contribution >= 0.6 is 0 Å². The lowest BCUT2D eigenvalue weighted by Crippen LogP contribution is -2.29. The Labute approximate surface area is 209 Å². The Kier molecular flexibility index (Phi) is 5.65. The number of hydrogen-bond donors (Lipinski definition) is 2. The molecule has 4 aromatic rings. The minimum absolute atomic E-state index is 0.0551. The average molecular weight is 513 g/mol. The molecule has 1 aliphatic rings. The zero-order chi connectivity index (χ0) is 26.6. The molecule has 0 aliphatic heterocycles. The number of carbonyl (C=O) groups is 1. The summed E-state index contributed by atoms with van der Waals surface area (Å²) in [5.41, 5.74) is 0.109. The number of anilines is 1. The van der Waals surface area contributed by atoms with Crippen molar-refractivity contribution in [1.29, 1.82) is 0 Å². The standard InChI is InChI=1S/C25H23F4N7O/c1-23(2,3)15-12-30-36(13-15)20-7-5-16(11-17(20)21-32-34-35-33-21)31-22(37)24(8-9-24)18-6-4-14(10-19(18)26)25(27,28)29/h4-7,10-13H,8-9H2,1-3H3,(H,31,37)(H,32,33,34,35). The summed E-state index contributed by atoms with van der Waals surface area (Å²) in [5.74, 6) is -1.22. The SMILES string of the molecule is CC(C)(C)c1cnn(-c2ccc(NC(=O)C3(c4ccc(C(F)(F)F)cc4F)CC3)cc2-c2nnn[nH]2)c1. The maximum absolute atomic E-state index is 14.7. The average Bonchev–Trinajstić information content (AvgIpc) is 3.21. The lowest BCUT2D eigenvalue weighted by Gasteiger charge is -2.18. The first-order chi connectivity index (χ1) is 17.4. The molecule has 2 N–H and O–H groups in total. The van der Waals surface area contributed by atoms with E-state index in [0.717, 1.165) is 17.7 Å². The van der Waals surface area contributed by atoms with Gasteiger partial charge in [-0.1, -0.05) is 26.8 Å². The molecule has 0 bridgehead atoms. The number of tetrazole rings is 1. The van der Waals surface area contributed by atoms with Gasteiger partial charge >= 0.3 is 6.18 Å². The van der Waals surface area contributed by atoms with Crippen molar-refractivity contribution in [3.8, 4) is 17.1 Å². The number of nitrogens with one attached hydrogen (secondary N) is 2. The molecule has 37 heavy (non-hydrogen) atoms. The van der Waals surface area contributed by atoms with Crippen molar-refractivity contribution < 1.29 is 22.4 Å². The van der Waals surface area contributed by atoms with E-state index in [-0.39, 0.29) is 11.0 Å². The smallest absolute Gasteiger partial charge is 0.325 e. The molecular weight excluding hydrogens is 490 g/mol. The van der Waals surface area contributed by atoms with E-state index < -0.39 is 28.9 Å². The number of aromatic amines is 1. The van der Waals surface area contributed by atoms with Gasteiger partial charge in [0.15, 0.2) is 5.82 Å². The summed E-state index contributed by atoms with van der Waals surface area (Å²) in [6.07, 6.45) is -0.364. The van der Waals surface area contributed by atoms with Gasteiger partial charge in [0, 0.05) is 23.0 Å². The second-order valence-electron chi connectivity index (χ2n) is 10.1. The zero-order valence-corrected chi connectivity index (χ0v) is 20.2. The van der Waals surface area contributed by atoms with E-state index in [1.54, 1.807) is 29.1 Å². The molecule has 1 saturated carbocycles. The van der Waals surface area contributed by atoms with Crippen LogP contribution in [0.3, 0.4) is 0 Å². The summed E-state index contributed by atoms with van der Waals surface area (Å²) in [5, 5.41) is 21.2. The molecule has 0 saturated heterocycles. The second kappa shape index (κ2) is 8.49. The number of carbonyl (C=O) groups excluding carboxylic acids is 1. The highest BCUT2D eigenvalue weighted by Gasteiger charge is 2.53. The third-order valence-corrected chi connectivity index (χ3v) is 6.55. The molecule has 12 heteroatoms. The number of alkyl halides is 3. The Hall–Kier alpha value is -4.09. The first kappa shape index (κ1) is 24.6. The summed E-state index contributed by atoms with van der Waals surface area (Å²) < 4.78 is 55.2. The molecule has 0 spiro atoms. The topological polar surface area (TPSA) is 101 Å². The van der Waals surface area contributed by atoms with Crippen molar-refractivity contribution in [2.45, 2.75) is 50.6 Å². The first-order valence-electron chi connectivity index (χ1n) is 11.5. The van der Waals surface area contributed by atoms with E-state index in [1.807, 2.05) is 6.20 Å². The lowest BCUT2D eigenvalue weighted by atomic mass is 9.90. The predicted octanol–water partition coefficient (Wildman–Crippen LogP) is 5.18. The van der Waals surface area contributed by atoms with Crippen LogP contribution in [0.5, 0.6) is 0 Å². The molecule has 0 radical (unpaired) electrons. The van der Waals surface area contributed by atoms with Gasteiger partial charge < -0.3 is 5.32 Å². The fourth-order valence-corrected chi connectivity index (χ4v) is 4.19. The van der Waals surface area contributed by atoms with Crippen molar-refractivity contribution >= 4 is 11.6 Å². The highest BCUT2D eigenvalue weighted by molar-refractivity contribution is 6.02. The number of halogens is 4. The van der Waals surface area contributed by atoms with Crippen LogP contribution in [0, 0.1) is 5.82 Å². The summed E-state index contributed by atoms with van der Waals surface area (Å²) in [7, 11) is 0. The first-order valence-corrected chi connectivity index (χ1v) is 11.5. The van der Waals surface area contributed by atoms with Crippen LogP contribution in [-0.4, -0.2) is 36.3 Å². The number of aromatic nitrogens is 6.